The van der Waals surface area contributed by atoms with Crippen molar-refractivity contribution >= 4 is 45.9 Å². The van der Waals surface area contributed by atoms with Crippen LogP contribution in [-0.4, -0.2) is 61.1 Å². The maximum atomic E-state index is 14.2. The number of nitrogens with two attached hydrogens (primary N) is 1. The van der Waals surface area contributed by atoms with Crippen molar-refractivity contribution in [3.8, 4) is 0 Å². The first-order chi connectivity index (χ1) is 11.3. The van der Waals surface area contributed by atoms with Crippen LogP contribution in [0.15, 0.2) is 12.5 Å². The lowest BCUT2D eigenvalue weighted by molar-refractivity contribution is -0.138. The number of anilines is 1. The lowest BCUT2D eigenvalue weighted by Gasteiger charge is -2.21. The molecule has 2 aromatic heterocycles. The number of hydrogen-bond acceptors (Lipinski definition) is 7. The molecule has 132 valence electrons. The van der Waals surface area contributed by atoms with Gasteiger partial charge in [0.2, 0.25) is 6.23 Å². The predicted molar refractivity (Wildman–Crippen MR) is 85.3 cm³/mol. The normalized spacial score (nSPS) is 25.3. The molecule has 24 heavy (non-hydrogen) atoms. The van der Waals surface area contributed by atoms with Gasteiger partial charge in [0, 0.05) is 9.77 Å². The number of aliphatic hydroxyl groups is 2. The van der Waals surface area contributed by atoms with E-state index in [1.54, 1.807) is 0 Å². The number of aromatic nitrogens is 3. The summed E-state index contributed by atoms with van der Waals surface area (Å²) in [5, 5.41) is 25.9. The Labute approximate surface area is 147 Å². The number of carbonyl (C=O) groups is 1. The molecule has 3 heterocycles. The summed E-state index contributed by atoms with van der Waals surface area (Å²) in [4.78, 5) is 16.1. The SMILES string of the molecule is Nc1ncnc2c1c(I)cn2[C@@H]1O[C@H](CO)[C@@H](O)C1(F)F.O=CO. The van der Waals surface area contributed by atoms with Crippen LogP contribution in [0.25, 0.3) is 11.0 Å². The van der Waals surface area contributed by atoms with E-state index >= 15 is 0 Å². The maximum Gasteiger partial charge on any atom is 0.320 e. The standard InChI is InChI=1S/C11H11F2IN4O3.CH2O2/c12-11(13)7(20)5(2-19)21-10(11)18-1-4(14)6-8(15)16-3-17-9(6)18;2-1-3/h1,3,5,7,10,19-20H,2H2,(H2,15,16,17);1H,(H,2,3)/t5-,7-,10-;/m1./s1. The Hall–Kier alpha value is -1.64. The minimum atomic E-state index is -3.57. The molecule has 0 bridgehead atoms. The van der Waals surface area contributed by atoms with Gasteiger partial charge in [-0.2, -0.15) is 8.78 Å². The number of aliphatic hydroxyl groups excluding tert-OH is 2. The first-order valence-electron chi connectivity index (χ1n) is 6.46. The van der Waals surface area contributed by atoms with E-state index in [4.69, 9.17) is 25.5 Å². The second kappa shape index (κ2) is 7.08. The molecule has 0 amide bonds. The summed E-state index contributed by atoms with van der Waals surface area (Å²) in [7, 11) is 0. The largest absolute Gasteiger partial charge is 0.483 e. The minimum absolute atomic E-state index is 0.170. The molecule has 1 aliphatic rings. The van der Waals surface area contributed by atoms with Gasteiger partial charge >= 0.3 is 5.92 Å². The van der Waals surface area contributed by atoms with E-state index in [1.807, 2.05) is 22.6 Å². The molecule has 12 heteroatoms. The van der Waals surface area contributed by atoms with E-state index in [0.717, 1.165) is 10.9 Å². The third-order valence-corrected chi connectivity index (χ3v) is 4.22. The topological polar surface area (TPSA) is 144 Å². The molecule has 3 rings (SSSR count). The first-order valence-corrected chi connectivity index (χ1v) is 7.54. The highest BCUT2D eigenvalue weighted by atomic mass is 127. The molecular formula is C12H13F2IN4O5. The molecule has 9 nitrogen and oxygen atoms in total. The van der Waals surface area contributed by atoms with Crippen molar-refractivity contribution in [2.24, 2.45) is 0 Å². The number of ether oxygens (including phenoxy) is 1. The summed E-state index contributed by atoms with van der Waals surface area (Å²) >= 11 is 1.93. The fourth-order valence-electron chi connectivity index (χ4n) is 2.36. The van der Waals surface area contributed by atoms with Crippen molar-refractivity contribution in [3.63, 3.8) is 0 Å². The summed E-state index contributed by atoms with van der Waals surface area (Å²) in [5.41, 5.74) is 5.91. The zero-order chi connectivity index (χ0) is 18.1. The van der Waals surface area contributed by atoms with Gasteiger partial charge in [-0.05, 0) is 22.6 Å². The Balaban J connectivity index is 0.000000647. The Bertz CT molecular complexity index is 744. The number of hydrogen-bond donors (Lipinski definition) is 4. The molecule has 0 radical (unpaired) electrons. The van der Waals surface area contributed by atoms with Gasteiger partial charge in [0.25, 0.3) is 6.47 Å². The van der Waals surface area contributed by atoms with Crippen LogP contribution in [0.5, 0.6) is 0 Å². The molecule has 1 fully saturated rings. The summed E-state index contributed by atoms with van der Waals surface area (Å²) in [6, 6.07) is 0. The maximum absolute atomic E-state index is 14.2. The molecule has 1 saturated heterocycles. The fraction of sp³-hybridized carbons (Fsp3) is 0.417. The number of rotatable bonds is 2. The van der Waals surface area contributed by atoms with E-state index < -0.39 is 31.0 Å². The molecule has 0 spiro atoms. The molecule has 5 N–H and O–H groups in total. The van der Waals surface area contributed by atoms with Crippen LogP contribution in [0.1, 0.15) is 6.23 Å². The van der Waals surface area contributed by atoms with Crippen LogP contribution in [0.4, 0.5) is 14.6 Å². The second-order valence-electron chi connectivity index (χ2n) is 4.78. The van der Waals surface area contributed by atoms with Gasteiger partial charge in [-0.3, -0.25) is 9.36 Å². The second-order valence-corrected chi connectivity index (χ2v) is 5.94. The average Bonchev–Trinajstić information content (AvgIpc) is 2.97. The fourth-order valence-corrected chi connectivity index (χ4v) is 3.18. The number of fused-ring (bicyclic) bond motifs is 1. The van der Waals surface area contributed by atoms with Crippen LogP contribution in [0.2, 0.25) is 0 Å². The van der Waals surface area contributed by atoms with Gasteiger partial charge in [-0.15, -0.1) is 0 Å². The molecule has 2 aromatic rings. The molecule has 0 aliphatic carbocycles. The quantitative estimate of drug-likeness (QED) is 0.370. The predicted octanol–water partition coefficient (Wildman–Crippen LogP) is 0.205. The minimum Gasteiger partial charge on any atom is -0.483 e. The summed E-state index contributed by atoms with van der Waals surface area (Å²) in [6.07, 6.45) is -2.66. The van der Waals surface area contributed by atoms with Crippen molar-refractivity contribution in [1.29, 1.82) is 0 Å². The van der Waals surface area contributed by atoms with Gasteiger partial charge < -0.3 is 25.8 Å². The highest BCUT2D eigenvalue weighted by Crippen LogP contribution is 2.44. The van der Waals surface area contributed by atoms with Crippen molar-refractivity contribution < 1.29 is 33.6 Å². The van der Waals surface area contributed by atoms with E-state index in [9.17, 15) is 13.9 Å². The average molecular weight is 458 g/mol. The number of carboxylic acid groups (broad SMARTS) is 1. The van der Waals surface area contributed by atoms with Crippen molar-refractivity contribution in [3.05, 3.63) is 16.1 Å². The van der Waals surface area contributed by atoms with E-state index in [2.05, 4.69) is 9.97 Å². The van der Waals surface area contributed by atoms with E-state index in [0.29, 0.717) is 8.96 Å². The highest BCUT2D eigenvalue weighted by Gasteiger charge is 2.59. The lowest BCUT2D eigenvalue weighted by Crippen LogP contribution is -2.39. The Morgan fingerprint density at radius 2 is 2.12 bits per heavy atom. The monoisotopic (exact) mass is 458 g/mol. The van der Waals surface area contributed by atoms with Crippen LogP contribution in [0.3, 0.4) is 0 Å². The smallest absolute Gasteiger partial charge is 0.320 e. The molecule has 0 aromatic carbocycles. The summed E-state index contributed by atoms with van der Waals surface area (Å²) in [5.74, 6) is -3.40. The molecule has 1 aliphatic heterocycles. The van der Waals surface area contributed by atoms with Crippen LogP contribution in [-0.2, 0) is 9.53 Å². The molecule has 0 unspecified atom stereocenters. The number of alkyl halides is 2. The third-order valence-electron chi connectivity index (χ3n) is 3.40. The lowest BCUT2D eigenvalue weighted by atomic mass is 10.1. The summed E-state index contributed by atoms with van der Waals surface area (Å²) in [6.45, 7) is -0.958. The summed E-state index contributed by atoms with van der Waals surface area (Å²) < 4.78 is 35.1. The van der Waals surface area contributed by atoms with Crippen LogP contribution < -0.4 is 5.73 Å². The molecular weight excluding hydrogens is 445 g/mol. The van der Waals surface area contributed by atoms with Gasteiger partial charge in [-0.1, -0.05) is 0 Å². The Kier molecular flexibility index (Phi) is 5.52. The van der Waals surface area contributed by atoms with E-state index in [-0.39, 0.29) is 17.9 Å². The highest BCUT2D eigenvalue weighted by molar-refractivity contribution is 14.1. The Morgan fingerprint density at radius 1 is 1.50 bits per heavy atom. The van der Waals surface area contributed by atoms with Crippen LogP contribution >= 0.6 is 22.6 Å². The van der Waals surface area contributed by atoms with Gasteiger partial charge in [0.05, 0.1) is 12.0 Å². The van der Waals surface area contributed by atoms with Crippen molar-refractivity contribution in [2.45, 2.75) is 24.4 Å². The van der Waals surface area contributed by atoms with Crippen molar-refractivity contribution in [2.75, 3.05) is 12.3 Å². The Morgan fingerprint density at radius 3 is 2.67 bits per heavy atom. The third kappa shape index (κ3) is 3.01. The zero-order valence-corrected chi connectivity index (χ0v) is 14.0. The molecule has 0 saturated carbocycles. The number of nitrogens with zero attached hydrogens (tertiary/aromatic N) is 3. The van der Waals surface area contributed by atoms with Gasteiger partial charge in [-0.25, -0.2) is 9.97 Å². The number of halogens is 3. The van der Waals surface area contributed by atoms with Gasteiger partial charge in [0.1, 0.15) is 23.9 Å². The number of nitrogen functional groups attached to an aromatic ring is 1. The van der Waals surface area contributed by atoms with E-state index in [1.165, 1.54) is 6.20 Å². The van der Waals surface area contributed by atoms with Crippen molar-refractivity contribution in [1.82, 2.24) is 14.5 Å². The zero-order valence-electron chi connectivity index (χ0n) is 11.9. The molecule has 3 atom stereocenters. The van der Waals surface area contributed by atoms with Gasteiger partial charge in [0.15, 0.2) is 6.10 Å². The van der Waals surface area contributed by atoms with Crippen LogP contribution in [0, 0.1) is 3.57 Å². The first kappa shape index (κ1) is 18.7.